The molecule has 0 atom stereocenters. The first-order valence-corrected chi connectivity index (χ1v) is 5.81. The second-order valence-electron chi connectivity index (χ2n) is 1.95. The predicted octanol–water partition coefficient (Wildman–Crippen LogP) is 0.859. The summed E-state index contributed by atoms with van der Waals surface area (Å²) in [5.74, 6) is 0. The summed E-state index contributed by atoms with van der Waals surface area (Å²) < 4.78 is 8.55. The van der Waals surface area contributed by atoms with Crippen LogP contribution in [0.2, 0.25) is 0 Å². The normalized spacial score (nSPS) is 6.65. The summed E-state index contributed by atoms with van der Waals surface area (Å²) in [6, 6.07) is 0. The summed E-state index contributed by atoms with van der Waals surface area (Å²) in [6.45, 7) is 16.5. The quantitative estimate of drug-likeness (QED) is 0.331. The Hall–Kier alpha value is 1.98. The molecule has 0 aromatic carbocycles. The summed E-state index contributed by atoms with van der Waals surface area (Å²) in [5, 5.41) is 0. The van der Waals surface area contributed by atoms with Crippen LogP contribution in [0.3, 0.4) is 0 Å². The Morgan fingerprint density at radius 3 is 0.765 bits per heavy atom. The van der Waals surface area contributed by atoms with Crippen LogP contribution in [0.25, 0.3) is 0 Å². The van der Waals surface area contributed by atoms with Crippen molar-refractivity contribution < 1.29 is 77.7 Å². The SMILES string of the molecule is O=P([O-])([O-])[O-].[CH2-]CC.[CH2-]CC.[CH2-]CC.[Zn+2].[Zn+2].[Zn+2]. The molecule has 0 fully saturated rings. The van der Waals surface area contributed by atoms with Crippen molar-refractivity contribution in [2.24, 2.45) is 0 Å². The zero-order valence-electron chi connectivity index (χ0n) is 11.4. The Morgan fingerprint density at radius 1 is 0.765 bits per heavy atom. The van der Waals surface area contributed by atoms with Crippen LogP contribution < -0.4 is 14.7 Å². The van der Waals surface area contributed by atoms with Gasteiger partial charge in [0.25, 0.3) is 0 Å². The van der Waals surface area contributed by atoms with E-state index in [-0.39, 0.29) is 58.4 Å². The Balaban J connectivity index is -0.0000000152. The molecule has 0 aliphatic heterocycles. The molecule has 0 aliphatic rings. The first kappa shape index (κ1) is 42.8. The van der Waals surface area contributed by atoms with Gasteiger partial charge in [-0.1, -0.05) is 20.8 Å². The minimum absolute atomic E-state index is 0. The van der Waals surface area contributed by atoms with Crippen LogP contribution in [-0.4, -0.2) is 0 Å². The minimum atomic E-state index is -5.39. The summed E-state index contributed by atoms with van der Waals surface area (Å²) in [5.41, 5.74) is 0. The van der Waals surface area contributed by atoms with Gasteiger partial charge in [-0.3, -0.25) is 0 Å². The molecule has 0 radical (unpaired) electrons. The van der Waals surface area contributed by atoms with Gasteiger partial charge in [0.1, 0.15) is 0 Å². The summed E-state index contributed by atoms with van der Waals surface area (Å²) >= 11 is 0. The molecular weight excluding hydrogens is 399 g/mol. The van der Waals surface area contributed by atoms with Crippen LogP contribution in [0.1, 0.15) is 40.0 Å². The predicted molar refractivity (Wildman–Crippen MR) is 54.6 cm³/mol. The Kier molecular flexibility index (Phi) is 108. The third-order valence-corrected chi connectivity index (χ3v) is 0. The fourth-order valence-corrected chi connectivity index (χ4v) is 0. The molecule has 92 valence electrons. The average molecular weight is 420 g/mol. The standard InChI is InChI=1S/3C3H7.H3O4P.3Zn/c3*1-3-2;1-5(2,3)4;;;/h3*1,3H2,2H3;(H3,1,2,3,4);;;/q3*-1;;3*+2/p-3. The molecule has 0 aromatic rings. The van der Waals surface area contributed by atoms with E-state index >= 15 is 0 Å². The molecule has 0 spiro atoms. The van der Waals surface area contributed by atoms with E-state index in [0.29, 0.717) is 0 Å². The second kappa shape index (κ2) is 43.0. The van der Waals surface area contributed by atoms with E-state index < -0.39 is 7.82 Å². The van der Waals surface area contributed by atoms with Crippen LogP contribution in [0.4, 0.5) is 0 Å². The van der Waals surface area contributed by atoms with Crippen molar-refractivity contribution in [1.82, 2.24) is 0 Å². The van der Waals surface area contributed by atoms with E-state index in [1.165, 1.54) is 0 Å². The fourth-order valence-electron chi connectivity index (χ4n) is 0. The number of phosphoric acid groups is 1. The monoisotopic (exact) mass is 416 g/mol. The maximum absolute atomic E-state index is 8.55. The zero-order valence-corrected chi connectivity index (χ0v) is 21.2. The first-order chi connectivity index (χ1) is 6.24. The van der Waals surface area contributed by atoms with Gasteiger partial charge in [-0.25, -0.2) is 0 Å². The number of hydrogen-bond donors (Lipinski definition) is 0. The number of hydrogen-bond acceptors (Lipinski definition) is 4. The zero-order chi connectivity index (χ0) is 12.6. The largest absolute Gasteiger partial charge is 2.00 e. The maximum atomic E-state index is 8.55. The van der Waals surface area contributed by atoms with Crippen LogP contribution in [0, 0.1) is 20.8 Å². The molecule has 0 unspecified atom stereocenters. The van der Waals surface area contributed by atoms with Crippen molar-refractivity contribution in [2.75, 3.05) is 0 Å². The molecular formula is C9H21O4PZn3. The molecule has 0 heterocycles. The van der Waals surface area contributed by atoms with Crippen molar-refractivity contribution in [2.45, 2.75) is 40.0 Å². The van der Waals surface area contributed by atoms with Gasteiger partial charge in [0.2, 0.25) is 0 Å². The van der Waals surface area contributed by atoms with E-state index in [9.17, 15) is 0 Å². The fraction of sp³-hybridized carbons (Fsp3) is 0.667. The summed E-state index contributed by atoms with van der Waals surface area (Å²) in [6.07, 6.45) is 3.00. The summed E-state index contributed by atoms with van der Waals surface area (Å²) in [4.78, 5) is 25.6. The van der Waals surface area contributed by atoms with Gasteiger partial charge in [-0.05, 0) is 0 Å². The summed E-state index contributed by atoms with van der Waals surface area (Å²) in [7, 11) is -5.39. The Labute approximate surface area is 145 Å². The maximum Gasteiger partial charge on any atom is 2.00 e. The molecule has 0 bridgehead atoms. The van der Waals surface area contributed by atoms with Crippen LogP contribution in [0.5, 0.6) is 0 Å². The smallest absolute Gasteiger partial charge is 0.822 e. The van der Waals surface area contributed by atoms with E-state index in [4.69, 9.17) is 19.2 Å². The Bertz CT molecular complexity index is 99.4. The molecule has 0 saturated carbocycles. The van der Waals surface area contributed by atoms with Crippen molar-refractivity contribution in [3.8, 4) is 0 Å². The van der Waals surface area contributed by atoms with Gasteiger partial charge in [0, 0.05) is 0 Å². The van der Waals surface area contributed by atoms with Crippen LogP contribution in [-0.2, 0) is 63.0 Å². The molecule has 8 heteroatoms. The third kappa shape index (κ3) is 1170. The molecule has 0 aromatic heterocycles. The first-order valence-electron chi connectivity index (χ1n) is 4.35. The van der Waals surface area contributed by atoms with E-state index in [1.54, 1.807) is 0 Å². The van der Waals surface area contributed by atoms with E-state index in [1.807, 2.05) is 20.8 Å². The molecule has 0 aliphatic carbocycles. The van der Waals surface area contributed by atoms with Crippen LogP contribution in [0.15, 0.2) is 0 Å². The van der Waals surface area contributed by atoms with Crippen molar-refractivity contribution in [1.29, 1.82) is 0 Å². The average Bonchev–Trinajstić information content (AvgIpc) is 1.86. The van der Waals surface area contributed by atoms with Gasteiger partial charge >= 0.3 is 58.4 Å². The van der Waals surface area contributed by atoms with Gasteiger partial charge in [0.15, 0.2) is 0 Å². The van der Waals surface area contributed by atoms with E-state index in [0.717, 1.165) is 19.3 Å². The van der Waals surface area contributed by atoms with Crippen molar-refractivity contribution >= 4 is 7.82 Å². The molecule has 0 amide bonds. The molecule has 0 N–H and O–H groups in total. The molecule has 4 nitrogen and oxygen atoms in total. The van der Waals surface area contributed by atoms with Gasteiger partial charge in [-0.2, -0.15) is 27.1 Å². The Morgan fingerprint density at radius 2 is 0.765 bits per heavy atom. The second-order valence-corrected chi connectivity index (χ2v) is 2.84. The van der Waals surface area contributed by atoms with Crippen LogP contribution >= 0.6 is 7.82 Å². The molecule has 17 heavy (non-hydrogen) atoms. The minimum Gasteiger partial charge on any atom is -0.822 e. The van der Waals surface area contributed by atoms with Gasteiger partial charge < -0.3 is 40.0 Å². The topological polar surface area (TPSA) is 86.2 Å². The number of rotatable bonds is 0. The third-order valence-electron chi connectivity index (χ3n) is 0. The van der Waals surface area contributed by atoms with Crippen molar-refractivity contribution in [3.63, 3.8) is 0 Å². The molecule has 0 rings (SSSR count). The van der Waals surface area contributed by atoms with Gasteiger partial charge in [0.05, 0.1) is 0 Å². The van der Waals surface area contributed by atoms with Gasteiger partial charge in [-0.15, -0.1) is 0 Å². The van der Waals surface area contributed by atoms with E-state index in [2.05, 4.69) is 20.8 Å². The van der Waals surface area contributed by atoms with Crippen molar-refractivity contribution in [3.05, 3.63) is 20.8 Å². The molecule has 0 saturated heterocycles.